The molecule has 5 nitrogen and oxygen atoms in total. The molecule has 4 rings (SSSR count). The first-order chi connectivity index (χ1) is 14.1. The highest BCUT2D eigenvalue weighted by Gasteiger charge is 2.39. The van der Waals surface area contributed by atoms with Crippen molar-refractivity contribution in [2.24, 2.45) is 0 Å². The number of aliphatic hydroxyl groups excluding tert-OH is 1. The zero-order chi connectivity index (χ0) is 21.8. The first-order valence-corrected chi connectivity index (χ1v) is 9.37. The number of hydrogen-bond acceptors (Lipinski definition) is 3. The van der Waals surface area contributed by atoms with E-state index < -0.39 is 23.8 Å². The lowest BCUT2D eigenvalue weighted by atomic mass is 9.95. The molecule has 1 aliphatic carbocycles. The van der Waals surface area contributed by atoms with E-state index in [9.17, 15) is 33.0 Å². The number of pyridine rings is 2. The third-order valence-corrected chi connectivity index (χ3v) is 5.51. The van der Waals surface area contributed by atoms with Gasteiger partial charge in [0.15, 0.2) is 6.10 Å². The highest BCUT2D eigenvalue weighted by atomic mass is 19.4. The average molecular weight is 417 g/mol. The van der Waals surface area contributed by atoms with Gasteiger partial charge < -0.3 is 10.2 Å². The van der Waals surface area contributed by atoms with Gasteiger partial charge >= 0.3 is 12.1 Å². The molecular formula is C22H18F3NO4. The van der Waals surface area contributed by atoms with E-state index in [1.807, 2.05) is 0 Å². The number of hydrogen-bond donors (Lipinski definition) is 2. The fraction of sp³-hybridized carbons (Fsp3) is 0.273. The van der Waals surface area contributed by atoms with E-state index >= 15 is 0 Å². The number of carbonyl (C=O) groups is 1. The van der Waals surface area contributed by atoms with Crippen LogP contribution >= 0.6 is 0 Å². The van der Waals surface area contributed by atoms with Crippen LogP contribution in [-0.2, 0) is 0 Å². The molecule has 1 fully saturated rings. The zero-order valence-electron chi connectivity index (χ0n) is 15.9. The van der Waals surface area contributed by atoms with Crippen LogP contribution < -0.4 is 5.56 Å². The summed E-state index contributed by atoms with van der Waals surface area (Å²) in [6.45, 7) is 1.80. The number of aryl methyl sites for hydroxylation is 1. The summed E-state index contributed by atoms with van der Waals surface area (Å²) in [6.07, 6.45) is -4.00. The van der Waals surface area contributed by atoms with Crippen molar-refractivity contribution in [3.05, 3.63) is 75.2 Å². The van der Waals surface area contributed by atoms with E-state index in [0.29, 0.717) is 16.6 Å². The van der Waals surface area contributed by atoms with E-state index in [0.717, 1.165) is 24.0 Å². The molecule has 1 saturated carbocycles. The van der Waals surface area contributed by atoms with Crippen molar-refractivity contribution in [2.45, 2.75) is 38.0 Å². The first kappa shape index (κ1) is 20.2. The topological polar surface area (TPSA) is 79.0 Å². The lowest BCUT2D eigenvalue weighted by molar-refractivity contribution is -0.206. The van der Waals surface area contributed by atoms with Crippen molar-refractivity contribution in [3.8, 4) is 11.1 Å². The maximum atomic E-state index is 12.7. The number of aromatic carboxylic acids is 1. The summed E-state index contributed by atoms with van der Waals surface area (Å²) in [4.78, 5) is 24.1. The quantitative estimate of drug-likeness (QED) is 0.658. The smallest absolute Gasteiger partial charge is 0.418 e. The molecule has 3 aromatic rings. The molecule has 0 radical (unpaired) electrons. The molecule has 0 amide bonds. The predicted molar refractivity (Wildman–Crippen MR) is 104 cm³/mol. The van der Waals surface area contributed by atoms with Crippen molar-refractivity contribution < 1.29 is 28.2 Å². The van der Waals surface area contributed by atoms with Crippen LogP contribution in [0.1, 0.15) is 51.9 Å². The van der Waals surface area contributed by atoms with Gasteiger partial charge in [-0.2, -0.15) is 13.2 Å². The maximum Gasteiger partial charge on any atom is 0.418 e. The van der Waals surface area contributed by atoms with Crippen LogP contribution in [0.4, 0.5) is 13.2 Å². The lowest BCUT2D eigenvalue weighted by Gasteiger charge is -2.17. The summed E-state index contributed by atoms with van der Waals surface area (Å²) in [5.74, 6) is -1.10. The van der Waals surface area contributed by atoms with Crippen LogP contribution in [0.5, 0.6) is 0 Å². The molecule has 0 bridgehead atoms. The minimum atomic E-state index is -4.75. The fourth-order valence-electron chi connectivity index (χ4n) is 3.80. The minimum Gasteiger partial charge on any atom is -0.477 e. The third kappa shape index (κ3) is 3.37. The molecule has 30 heavy (non-hydrogen) atoms. The van der Waals surface area contributed by atoms with E-state index in [4.69, 9.17) is 0 Å². The van der Waals surface area contributed by atoms with Crippen LogP contribution in [0.25, 0.3) is 16.6 Å². The number of aromatic nitrogens is 1. The van der Waals surface area contributed by atoms with Gasteiger partial charge in [0, 0.05) is 6.20 Å². The highest BCUT2D eigenvalue weighted by molar-refractivity contribution is 5.89. The Hall–Kier alpha value is -3.13. The van der Waals surface area contributed by atoms with Crippen molar-refractivity contribution in [2.75, 3.05) is 0 Å². The number of carboxylic acid groups (broad SMARTS) is 1. The van der Waals surface area contributed by atoms with Gasteiger partial charge in [0.05, 0.1) is 5.52 Å². The molecule has 0 saturated heterocycles. The number of benzene rings is 1. The van der Waals surface area contributed by atoms with Crippen LogP contribution in [0.2, 0.25) is 0 Å². The van der Waals surface area contributed by atoms with Gasteiger partial charge in [-0.3, -0.25) is 9.20 Å². The van der Waals surface area contributed by atoms with Crippen LogP contribution in [0, 0.1) is 6.92 Å². The summed E-state index contributed by atoms with van der Waals surface area (Å²) in [7, 11) is 0. The second kappa shape index (κ2) is 6.98. The molecule has 1 aliphatic rings. The number of aliphatic hydroxyl groups is 1. The number of carboxylic acids is 1. The van der Waals surface area contributed by atoms with Crippen molar-refractivity contribution in [1.82, 2.24) is 4.40 Å². The van der Waals surface area contributed by atoms with Crippen LogP contribution in [-0.4, -0.2) is 26.8 Å². The molecule has 2 aromatic heterocycles. The lowest BCUT2D eigenvalue weighted by Crippen LogP contribution is -2.23. The molecule has 156 valence electrons. The molecule has 0 spiro atoms. The monoisotopic (exact) mass is 417 g/mol. The summed E-state index contributed by atoms with van der Waals surface area (Å²) in [6, 6.07) is 8.50. The number of fused-ring (bicyclic) bond motifs is 1. The van der Waals surface area contributed by atoms with Crippen LogP contribution in [0.3, 0.4) is 0 Å². The largest absolute Gasteiger partial charge is 0.477 e. The standard InChI is InChI=1S/C22H18F3NO4/c1-11-15(12-4-6-14(7-5-12)19(27)22(23,24)25)8-9-26-18(11)16(13-2-3-13)10-17(20(26)28)21(29)30/h4-10,13,19,27H,2-3H2,1H3,(H,29,30). The Morgan fingerprint density at radius 2 is 1.80 bits per heavy atom. The summed E-state index contributed by atoms with van der Waals surface area (Å²) in [5, 5.41) is 18.8. The highest BCUT2D eigenvalue weighted by Crippen LogP contribution is 2.43. The van der Waals surface area contributed by atoms with E-state index in [2.05, 4.69) is 0 Å². The van der Waals surface area contributed by atoms with Gasteiger partial charge in [0.1, 0.15) is 5.56 Å². The zero-order valence-corrected chi connectivity index (χ0v) is 15.9. The van der Waals surface area contributed by atoms with Crippen molar-refractivity contribution in [3.63, 3.8) is 0 Å². The SMILES string of the molecule is Cc1c(-c2ccc(C(O)C(F)(F)F)cc2)ccn2c(=O)c(C(=O)O)cc(C3CC3)c12. The molecule has 1 unspecified atom stereocenters. The normalized spacial score (nSPS) is 15.4. The Balaban J connectivity index is 1.87. The molecule has 1 aromatic carbocycles. The summed E-state index contributed by atoms with van der Waals surface area (Å²) >= 11 is 0. The molecule has 1 atom stereocenters. The third-order valence-electron chi connectivity index (χ3n) is 5.51. The minimum absolute atomic E-state index is 0.178. The van der Waals surface area contributed by atoms with E-state index in [1.165, 1.54) is 40.9 Å². The Bertz CT molecular complexity index is 1210. The number of nitrogens with zero attached hydrogens (tertiary/aromatic N) is 1. The summed E-state index contributed by atoms with van der Waals surface area (Å²) < 4.78 is 39.5. The van der Waals surface area contributed by atoms with E-state index in [1.54, 1.807) is 13.0 Å². The van der Waals surface area contributed by atoms with Crippen LogP contribution in [0.15, 0.2) is 47.4 Å². The Morgan fingerprint density at radius 1 is 1.17 bits per heavy atom. The fourth-order valence-corrected chi connectivity index (χ4v) is 3.80. The van der Waals surface area contributed by atoms with Gasteiger partial charge in [-0.1, -0.05) is 24.3 Å². The predicted octanol–water partition coefficient (Wildman–Crippen LogP) is 4.45. The second-order valence-corrected chi connectivity index (χ2v) is 7.54. The Labute approximate surface area is 169 Å². The molecule has 0 aliphatic heterocycles. The van der Waals surface area contributed by atoms with Gasteiger partial charge in [-0.15, -0.1) is 0 Å². The first-order valence-electron chi connectivity index (χ1n) is 9.37. The maximum absolute atomic E-state index is 12.7. The second-order valence-electron chi connectivity index (χ2n) is 7.54. The number of halogens is 3. The summed E-state index contributed by atoms with van der Waals surface area (Å²) in [5.41, 5.74) is 2.33. The molecule has 8 heteroatoms. The number of alkyl halides is 3. The number of rotatable bonds is 4. The van der Waals surface area contributed by atoms with Gasteiger partial charge in [-0.25, -0.2) is 4.79 Å². The van der Waals surface area contributed by atoms with Crippen molar-refractivity contribution >= 4 is 11.5 Å². The van der Waals surface area contributed by atoms with Crippen molar-refractivity contribution in [1.29, 1.82) is 0 Å². The van der Waals surface area contributed by atoms with Gasteiger partial charge in [0.25, 0.3) is 5.56 Å². The molecular weight excluding hydrogens is 399 g/mol. The molecule has 2 heterocycles. The van der Waals surface area contributed by atoms with E-state index in [-0.39, 0.29) is 17.0 Å². The molecule has 2 N–H and O–H groups in total. The Kier molecular flexibility index (Phi) is 4.69. The Morgan fingerprint density at radius 3 is 2.33 bits per heavy atom. The van der Waals surface area contributed by atoms with Gasteiger partial charge in [-0.05, 0) is 65.6 Å². The van der Waals surface area contributed by atoms with Gasteiger partial charge in [0.2, 0.25) is 0 Å². The average Bonchev–Trinajstić information content (AvgIpc) is 3.52.